The standard InChI is InChI=1S/C14H29NO/c1-4-6-11(3)13(16)14(10-15)8-7-12(5-2)9-14/h11-13,16H,4-10,15H2,1-3H3. The van der Waals surface area contributed by atoms with E-state index in [0.29, 0.717) is 12.5 Å². The van der Waals surface area contributed by atoms with Crippen LogP contribution < -0.4 is 5.73 Å². The normalized spacial score (nSPS) is 33.9. The highest BCUT2D eigenvalue weighted by molar-refractivity contribution is 4.96. The quantitative estimate of drug-likeness (QED) is 0.733. The minimum atomic E-state index is -0.200. The molecule has 1 fully saturated rings. The lowest BCUT2D eigenvalue weighted by atomic mass is 9.73. The lowest BCUT2D eigenvalue weighted by Crippen LogP contribution is -2.43. The van der Waals surface area contributed by atoms with Crippen molar-refractivity contribution in [1.29, 1.82) is 0 Å². The molecule has 1 aliphatic rings. The summed E-state index contributed by atoms with van der Waals surface area (Å²) in [6.07, 6.45) is 6.80. The first-order valence-electron chi connectivity index (χ1n) is 6.97. The molecule has 4 atom stereocenters. The average Bonchev–Trinajstić information content (AvgIpc) is 2.73. The molecule has 4 unspecified atom stereocenters. The molecule has 1 saturated carbocycles. The number of nitrogens with two attached hydrogens (primary N) is 1. The lowest BCUT2D eigenvalue weighted by molar-refractivity contribution is -0.0110. The van der Waals surface area contributed by atoms with Crippen molar-refractivity contribution in [1.82, 2.24) is 0 Å². The Bertz CT molecular complexity index is 207. The van der Waals surface area contributed by atoms with E-state index in [1.54, 1.807) is 0 Å². The topological polar surface area (TPSA) is 46.2 Å². The van der Waals surface area contributed by atoms with Gasteiger partial charge in [-0.3, -0.25) is 0 Å². The van der Waals surface area contributed by atoms with E-state index >= 15 is 0 Å². The fraction of sp³-hybridized carbons (Fsp3) is 1.00. The van der Waals surface area contributed by atoms with Crippen LogP contribution in [0.5, 0.6) is 0 Å². The number of aliphatic hydroxyl groups is 1. The molecule has 0 spiro atoms. The summed E-state index contributed by atoms with van der Waals surface area (Å²) in [6, 6.07) is 0. The summed E-state index contributed by atoms with van der Waals surface area (Å²) < 4.78 is 0. The Morgan fingerprint density at radius 2 is 2.12 bits per heavy atom. The van der Waals surface area contributed by atoms with Gasteiger partial charge in [0.15, 0.2) is 0 Å². The van der Waals surface area contributed by atoms with Crippen LogP contribution in [0.25, 0.3) is 0 Å². The van der Waals surface area contributed by atoms with Gasteiger partial charge in [0.25, 0.3) is 0 Å². The van der Waals surface area contributed by atoms with Gasteiger partial charge in [0.1, 0.15) is 0 Å². The number of hydrogen-bond donors (Lipinski definition) is 2. The first kappa shape index (κ1) is 14.0. The third-order valence-corrected chi connectivity index (χ3v) is 4.64. The SMILES string of the molecule is CCCC(C)C(O)C1(CN)CCC(CC)C1. The summed E-state index contributed by atoms with van der Waals surface area (Å²) in [7, 11) is 0. The highest BCUT2D eigenvalue weighted by Crippen LogP contribution is 2.47. The van der Waals surface area contributed by atoms with E-state index in [0.717, 1.165) is 31.6 Å². The van der Waals surface area contributed by atoms with Gasteiger partial charge in [-0.15, -0.1) is 0 Å². The minimum Gasteiger partial charge on any atom is -0.392 e. The van der Waals surface area contributed by atoms with Crippen LogP contribution in [0.1, 0.15) is 59.3 Å². The second-order valence-electron chi connectivity index (χ2n) is 5.79. The van der Waals surface area contributed by atoms with E-state index in [2.05, 4.69) is 20.8 Å². The van der Waals surface area contributed by atoms with E-state index in [1.165, 1.54) is 12.8 Å². The molecule has 96 valence electrons. The van der Waals surface area contributed by atoms with Crippen LogP contribution in [0.4, 0.5) is 0 Å². The molecule has 0 amide bonds. The molecule has 0 aromatic carbocycles. The Morgan fingerprint density at radius 3 is 2.56 bits per heavy atom. The van der Waals surface area contributed by atoms with Crippen LogP contribution >= 0.6 is 0 Å². The molecule has 0 aromatic heterocycles. The predicted molar refractivity (Wildman–Crippen MR) is 69.2 cm³/mol. The highest BCUT2D eigenvalue weighted by Gasteiger charge is 2.44. The molecule has 0 aromatic rings. The van der Waals surface area contributed by atoms with E-state index < -0.39 is 0 Å². The molecule has 0 aliphatic heterocycles. The van der Waals surface area contributed by atoms with Gasteiger partial charge in [0.2, 0.25) is 0 Å². The van der Waals surface area contributed by atoms with Crippen LogP contribution in [-0.4, -0.2) is 17.8 Å². The van der Waals surface area contributed by atoms with Crippen LogP contribution in [0.2, 0.25) is 0 Å². The van der Waals surface area contributed by atoms with Gasteiger partial charge in [0.05, 0.1) is 6.10 Å². The maximum atomic E-state index is 10.5. The van der Waals surface area contributed by atoms with Crippen molar-refractivity contribution in [3.8, 4) is 0 Å². The summed E-state index contributed by atoms with van der Waals surface area (Å²) in [5, 5.41) is 10.5. The fourth-order valence-electron chi connectivity index (χ4n) is 3.41. The average molecular weight is 227 g/mol. The Labute approximate surface area is 101 Å². The summed E-state index contributed by atoms with van der Waals surface area (Å²) in [6.45, 7) is 7.25. The van der Waals surface area contributed by atoms with Gasteiger partial charge >= 0.3 is 0 Å². The van der Waals surface area contributed by atoms with Crippen LogP contribution in [-0.2, 0) is 0 Å². The van der Waals surface area contributed by atoms with Crippen molar-refractivity contribution in [2.45, 2.75) is 65.4 Å². The smallest absolute Gasteiger partial charge is 0.0634 e. The Morgan fingerprint density at radius 1 is 1.44 bits per heavy atom. The van der Waals surface area contributed by atoms with Crippen molar-refractivity contribution in [2.24, 2.45) is 23.0 Å². The third kappa shape index (κ3) is 2.78. The molecule has 1 aliphatic carbocycles. The number of aliphatic hydroxyl groups excluding tert-OH is 1. The zero-order valence-electron chi connectivity index (χ0n) is 11.2. The van der Waals surface area contributed by atoms with Crippen LogP contribution in [0.15, 0.2) is 0 Å². The van der Waals surface area contributed by atoms with E-state index in [-0.39, 0.29) is 11.5 Å². The summed E-state index contributed by atoms with van der Waals surface area (Å²) in [4.78, 5) is 0. The van der Waals surface area contributed by atoms with Gasteiger partial charge in [-0.05, 0) is 37.5 Å². The van der Waals surface area contributed by atoms with E-state index in [9.17, 15) is 5.11 Å². The summed E-state index contributed by atoms with van der Waals surface area (Å²) >= 11 is 0. The summed E-state index contributed by atoms with van der Waals surface area (Å²) in [5.74, 6) is 1.18. The monoisotopic (exact) mass is 227 g/mol. The summed E-state index contributed by atoms with van der Waals surface area (Å²) in [5.41, 5.74) is 5.98. The van der Waals surface area contributed by atoms with Crippen LogP contribution in [0.3, 0.4) is 0 Å². The maximum absolute atomic E-state index is 10.5. The van der Waals surface area contributed by atoms with Gasteiger partial charge in [-0.25, -0.2) is 0 Å². The lowest BCUT2D eigenvalue weighted by Gasteiger charge is -2.37. The molecular weight excluding hydrogens is 198 g/mol. The molecule has 2 heteroatoms. The third-order valence-electron chi connectivity index (χ3n) is 4.64. The molecular formula is C14H29NO. The van der Waals surface area contributed by atoms with Crippen molar-refractivity contribution >= 4 is 0 Å². The molecule has 16 heavy (non-hydrogen) atoms. The van der Waals surface area contributed by atoms with Gasteiger partial charge < -0.3 is 10.8 Å². The van der Waals surface area contributed by atoms with Crippen molar-refractivity contribution < 1.29 is 5.11 Å². The molecule has 0 saturated heterocycles. The van der Waals surface area contributed by atoms with E-state index in [1.807, 2.05) is 0 Å². The van der Waals surface area contributed by atoms with E-state index in [4.69, 9.17) is 5.73 Å². The first-order chi connectivity index (χ1) is 7.59. The second kappa shape index (κ2) is 6.02. The number of rotatable bonds is 6. The Balaban J connectivity index is 2.65. The molecule has 0 bridgehead atoms. The fourth-order valence-corrected chi connectivity index (χ4v) is 3.41. The van der Waals surface area contributed by atoms with Crippen molar-refractivity contribution in [3.05, 3.63) is 0 Å². The minimum absolute atomic E-state index is 0.0231. The van der Waals surface area contributed by atoms with Crippen LogP contribution in [0, 0.1) is 17.3 Å². The predicted octanol–water partition coefficient (Wildman–Crippen LogP) is 2.94. The zero-order valence-corrected chi connectivity index (χ0v) is 11.2. The first-order valence-corrected chi connectivity index (χ1v) is 6.97. The Hall–Kier alpha value is -0.0800. The molecule has 3 N–H and O–H groups in total. The maximum Gasteiger partial charge on any atom is 0.0634 e. The van der Waals surface area contributed by atoms with Gasteiger partial charge in [0, 0.05) is 12.0 Å². The molecule has 2 nitrogen and oxygen atoms in total. The second-order valence-corrected chi connectivity index (χ2v) is 5.79. The highest BCUT2D eigenvalue weighted by atomic mass is 16.3. The molecule has 0 heterocycles. The number of hydrogen-bond acceptors (Lipinski definition) is 2. The molecule has 1 rings (SSSR count). The van der Waals surface area contributed by atoms with Crippen molar-refractivity contribution in [2.75, 3.05) is 6.54 Å². The largest absolute Gasteiger partial charge is 0.392 e. The van der Waals surface area contributed by atoms with Gasteiger partial charge in [-0.1, -0.05) is 33.6 Å². The zero-order chi connectivity index (χ0) is 12.2. The van der Waals surface area contributed by atoms with Gasteiger partial charge in [-0.2, -0.15) is 0 Å². The van der Waals surface area contributed by atoms with Crippen molar-refractivity contribution in [3.63, 3.8) is 0 Å². The molecule has 0 radical (unpaired) electrons. The Kier molecular flexibility index (Phi) is 5.26.